The molecule has 4 unspecified atom stereocenters. The molecule has 0 saturated heterocycles. The van der Waals surface area contributed by atoms with Crippen LogP contribution in [0.2, 0.25) is 0 Å². The number of rotatable bonds is 4. The molecule has 2 saturated carbocycles. The van der Waals surface area contributed by atoms with Gasteiger partial charge in [-0.2, -0.15) is 0 Å². The van der Waals surface area contributed by atoms with Gasteiger partial charge in [0.2, 0.25) is 0 Å². The molecule has 0 aromatic rings. The van der Waals surface area contributed by atoms with Crippen molar-refractivity contribution in [1.82, 2.24) is 0 Å². The van der Waals surface area contributed by atoms with E-state index in [-0.39, 0.29) is 18.6 Å². The molecule has 2 rings (SSSR count). The first-order valence-electron chi connectivity index (χ1n) is 5.97. The second kappa shape index (κ2) is 3.82. The minimum atomic E-state index is 0.0884. The van der Waals surface area contributed by atoms with Crippen LogP contribution in [0.15, 0.2) is 0 Å². The van der Waals surface area contributed by atoms with E-state index in [4.69, 9.17) is 5.11 Å². The molecule has 2 nitrogen and oxygen atoms in total. The van der Waals surface area contributed by atoms with Crippen molar-refractivity contribution in [3.05, 3.63) is 0 Å². The van der Waals surface area contributed by atoms with E-state index in [1.807, 2.05) is 0 Å². The van der Waals surface area contributed by atoms with Crippen LogP contribution < -0.4 is 0 Å². The summed E-state index contributed by atoms with van der Waals surface area (Å²) in [7, 11) is 0. The molecule has 2 bridgehead atoms. The maximum Gasteiger partial charge on any atom is 0.0491 e. The second-order valence-electron chi connectivity index (χ2n) is 5.29. The van der Waals surface area contributed by atoms with E-state index in [1.54, 1.807) is 0 Å². The standard InChI is InChI=1S/C12H22O2/c1-2-9-5-11-6-10(9)7-12(11,8-14)3-4-13/h9-11,13-14H,2-8H2,1H3. The summed E-state index contributed by atoms with van der Waals surface area (Å²) >= 11 is 0. The Kier molecular flexibility index (Phi) is 2.85. The van der Waals surface area contributed by atoms with Gasteiger partial charge in [-0.15, -0.1) is 0 Å². The van der Waals surface area contributed by atoms with Gasteiger partial charge in [-0.3, -0.25) is 0 Å². The van der Waals surface area contributed by atoms with E-state index in [0.29, 0.717) is 5.92 Å². The lowest BCUT2D eigenvalue weighted by molar-refractivity contribution is 0.0257. The fraction of sp³-hybridized carbons (Fsp3) is 1.00. The van der Waals surface area contributed by atoms with Crippen molar-refractivity contribution in [3.8, 4) is 0 Å². The van der Waals surface area contributed by atoms with Crippen LogP contribution in [0.4, 0.5) is 0 Å². The van der Waals surface area contributed by atoms with Crippen LogP contribution in [0.1, 0.15) is 39.0 Å². The molecule has 0 aromatic carbocycles. The highest BCUT2D eigenvalue weighted by Gasteiger charge is 2.53. The Morgan fingerprint density at radius 3 is 2.50 bits per heavy atom. The van der Waals surface area contributed by atoms with Crippen molar-refractivity contribution in [2.24, 2.45) is 23.2 Å². The summed E-state index contributed by atoms with van der Waals surface area (Å²) in [6, 6.07) is 0. The number of fused-ring (bicyclic) bond motifs is 2. The summed E-state index contributed by atoms with van der Waals surface area (Å²) in [4.78, 5) is 0. The third-order valence-electron chi connectivity index (χ3n) is 4.82. The highest BCUT2D eigenvalue weighted by molar-refractivity contribution is 5.02. The minimum absolute atomic E-state index is 0.0884. The van der Waals surface area contributed by atoms with E-state index in [0.717, 1.165) is 24.7 Å². The predicted molar refractivity (Wildman–Crippen MR) is 55.8 cm³/mol. The normalized spacial score (nSPS) is 46.1. The van der Waals surface area contributed by atoms with Crippen molar-refractivity contribution in [2.75, 3.05) is 13.2 Å². The van der Waals surface area contributed by atoms with Gasteiger partial charge in [-0.05, 0) is 48.9 Å². The highest BCUT2D eigenvalue weighted by atomic mass is 16.3. The third-order valence-corrected chi connectivity index (χ3v) is 4.82. The zero-order valence-corrected chi connectivity index (χ0v) is 9.08. The van der Waals surface area contributed by atoms with Crippen LogP contribution in [0.5, 0.6) is 0 Å². The molecular weight excluding hydrogens is 176 g/mol. The topological polar surface area (TPSA) is 40.5 Å². The minimum Gasteiger partial charge on any atom is -0.396 e. The number of aliphatic hydroxyl groups excluding tert-OH is 2. The Labute approximate surface area is 86.3 Å². The zero-order valence-electron chi connectivity index (χ0n) is 9.08. The van der Waals surface area contributed by atoms with Crippen molar-refractivity contribution in [1.29, 1.82) is 0 Å². The second-order valence-corrected chi connectivity index (χ2v) is 5.29. The van der Waals surface area contributed by atoms with Crippen LogP contribution >= 0.6 is 0 Å². The summed E-state index contributed by atoms with van der Waals surface area (Å²) in [5.74, 6) is 2.43. The highest BCUT2D eigenvalue weighted by Crippen LogP contribution is 2.60. The summed E-state index contributed by atoms with van der Waals surface area (Å²) in [6.45, 7) is 2.80. The lowest BCUT2D eigenvalue weighted by Gasteiger charge is -2.38. The van der Waals surface area contributed by atoms with Crippen molar-refractivity contribution < 1.29 is 10.2 Å². The van der Waals surface area contributed by atoms with Gasteiger partial charge in [-0.1, -0.05) is 13.3 Å². The molecule has 0 heterocycles. The van der Waals surface area contributed by atoms with Crippen molar-refractivity contribution in [2.45, 2.75) is 39.0 Å². The molecule has 0 spiro atoms. The Hall–Kier alpha value is -0.0800. The quantitative estimate of drug-likeness (QED) is 0.723. The average molecular weight is 198 g/mol. The van der Waals surface area contributed by atoms with E-state index in [1.165, 1.54) is 19.3 Å². The van der Waals surface area contributed by atoms with E-state index >= 15 is 0 Å². The molecule has 0 amide bonds. The summed E-state index contributed by atoms with van der Waals surface area (Å²) < 4.78 is 0. The maximum atomic E-state index is 9.52. The van der Waals surface area contributed by atoms with E-state index < -0.39 is 0 Å². The lowest BCUT2D eigenvalue weighted by atomic mass is 9.68. The van der Waals surface area contributed by atoms with Gasteiger partial charge in [-0.25, -0.2) is 0 Å². The van der Waals surface area contributed by atoms with Crippen LogP contribution in [0, 0.1) is 23.2 Å². The molecule has 82 valence electrons. The third kappa shape index (κ3) is 1.40. The van der Waals surface area contributed by atoms with Gasteiger partial charge in [0.05, 0.1) is 0 Å². The number of hydrogen-bond donors (Lipinski definition) is 2. The molecule has 2 heteroatoms. The van der Waals surface area contributed by atoms with Gasteiger partial charge < -0.3 is 10.2 Å². The van der Waals surface area contributed by atoms with Gasteiger partial charge in [0.25, 0.3) is 0 Å². The van der Waals surface area contributed by atoms with Crippen molar-refractivity contribution in [3.63, 3.8) is 0 Å². The van der Waals surface area contributed by atoms with Crippen LogP contribution in [-0.2, 0) is 0 Å². The van der Waals surface area contributed by atoms with E-state index in [2.05, 4.69) is 6.92 Å². The first-order chi connectivity index (χ1) is 6.75. The zero-order chi connectivity index (χ0) is 10.2. The smallest absolute Gasteiger partial charge is 0.0491 e. The van der Waals surface area contributed by atoms with E-state index in [9.17, 15) is 5.11 Å². The van der Waals surface area contributed by atoms with Gasteiger partial charge >= 0.3 is 0 Å². The first-order valence-corrected chi connectivity index (χ1v) is 5.97. The summed E-state index contributed by atoms with van der Waals surface area (Å²) in [5.41, 5.74) is 0.0884. The van der Waals surface area contributed by atoms with Crippen LogP contribution in [0.3, 0.4) is 0 Å². The molecule has 2 N–H and O–H groups in total. The molecule has 2 aliphatic carbocycles. The molecule has 0 aromatic heterocycles. The molecule has 0 radical (unpaired) electrons. The van der Waals surface area contributed by atoms with Crippen molar-refractivity contribution >= 4 is 0 Å². The number of hydrogen-bond acceptors (Lipinski definition) is 2. The Morgan fingerprint density at radius 1 is 1.29 bits per heavy atom. The Bertz CT molecular complexity index is 204. The average Bonchev–Trinajstić information content (AvgIpc) is 2.75. The first kappa shape index (κ1) is 10.4. The van der Waals surface area contributed by atoms with Crippen LogP contribution in [0.25, 0.3) is 0 Å². The number of aliphatic hydroxyl groups is 2. The SMILES string of the molecule is CCC1CC2CC1CC2(CO)CCO. The van der Waals surface area contributed by atoms with Gasteiger partial charge in [0.1, 0.15) is 0 Å². The van der Waals surface area contributed by atoms with Gasteiger partial charge in [0.15, 0.2) is 0 Å². The maximum absolute atomic E-state index is 9.52. The Balaban J connectivity index is 2.06. The summed E-state index contributed by atoms with van der Waals surface area (Å²) in [5, 5.41) is 18.6. The molecule has 2 fully saturated rings. The van der Waals surface area contributed by atoms with Gasteiger partial charge in [0, 0.05) is 13.2 Å². The fourth-order valence-corrected chi connectivity index (χ4v) is 3.95. The molecule has 0 aliphatic heterocycles. The largest absolute Gasteiger partial charge is 0.396 e. The Morgan fingerprint density at radius 2 is 2.07 bits per heavy atom. The van der Waals surface area contributed by atoms with Crippen LogP contribution in [-0.4, -0.2) is 23.4 Å². The predicted octanol–water partition coefficient (Wildman–Crippen LogP) is 1.80. The lowest BCUT2D eigenvalue weighted by Crippen LogP contribution is -2.35. The molecule has 4 atom stereocenters. The summed E-state index contributed by atoms with van der Waals surface area (Å²) in [6.07, 6.45) is 5.86. The molecular formula is C12H22O2. The molecule has 14 heavy (non-hydrogen) atoms. The fourth-order valence-electron chi connectivity index (χ4n) is 3.95. The monoisotopic (exact) mass is 198 g/mol. The molecule has 2 aliphatic rings.